The monoisotopic (exact) mass is 275 g/mol. The van der Waals surface area contributed by atoms with Crippen molar-refractivity contribution in [1.29, 1.82) is 0 Å². The van der Waals surface area contributed by atoms with Crippen LogP contribution in [0.1, 0.15) is 26.3 Å². The Kier molecular flexibility index (Phi) is 3.50. The lowest BCUT2D eigenvalue weighted by molar-refractivity contribution is 0.411. The van der Waals surface area contributed by atoms with Crippen LogP contribution in [0.4, 0.5) is 0 Å². The minimum atomic E-state index is 0.322. The first-order valence-corrected chi connectivity index (χ1v) is 7.45. The molecule has 0 radical (unpaired) electrons. The molecule has 0 aliphatic heterocycles. The highest BCUT2D eigenvalue weighted by atomic mass is 14.7. The average molecular weight is 275 g/mol. The molecule has 21 heavy (non-hydrogen) atoms. The van der Waals surface area contributed by atoms with Crippen LogP contribution >= 0.6 is 0 Å². The fourth-order valence-corrected chi connectivity index (χ4v) is 2.65. The highest BCUT2D eigenvalue weighted by Crippen LogP contribution is 2.25. The van der Waals surface area contributed by atoms with E-state index in [0.717, 1.165) is 12.1 Å². The number of fused-ring (bicyclic) bond motifs is 1. The van der Waals surface area contributed by atoms with E-state index in [4.69, 9.17) is 0 Å². The summed E-state index contributed by atoms with van der Waals surface area (Å²) in [5, 5.41) is 2.42. The van der Waals surface area contributed by atoms with Crippen molar-refractivity contribution in [2.45, 2.75) is 27.2 Å². The predicted octanol–water partition coefficient (Wildman–Crippen LogP) is 5.49. The Balaban J connectivity index is 1.91. The molecule has 0 N–H and O–H groups in total. The molecule has 106 valence electrons. The van der Waals surface area contributed by atoms with E-state index in [2.05, 4.69) is 74.3 Å². The normalized spacial score (nSPS) is 11.8. The van der Waals surface area contributed by atoms with Crippen molar-refractivity contribution in [3.63, 3.8) is 0 Å². The number of aromatic nitrogens is 1. The molecule has 0 saturated carbocycles. The maximum absolute atomic E-state index is 4.58. The number of benzene rings is 2. The molecular formula is C20H21N. The highest BCUT2D eigenvalue weighted by Gasteiger charge is 2.11. The Bertz CT molecular complexity index is 749. The molecular weight excluding hydrogens is 254 g/mol. The third-order valence-corrected chi connectivity index (χ3v) is 3.62. The van der Waals surface area contributed by atoms with Crippen LogP contribution in [0.3, 0.4) is 0 Å². The van der Waals surface area contributed by atoms with Crippen LogP contribution in [-0.2, 0) is 6.42 Å². The van der Waals surface area contributed by atoms with E-state index >= 15 is 0 Å². The first kappa shape index (κ1) is 13.8. The van der Waals surface area contributed by atoms with Gasteiger partial charge in [-0.1, -0.05) is 69.3 Å². The molecule has 1 heterocycles. The molecule has 0 aliphatic carbocycles. The minimum absolute atomic E-state index is 0.322. The zero-order valence-corrected chi connectivity index (χ0v) is 12.9. The summed E-state index contributed by atoms with van der Waals surface area (Å²) in [6.07, 6.45) is 3.05. The largest absolute Gasteiger partial charge is 0.256 e. The number of nitrogens with zero attached hydrogens (tertiary/aromatic N) is 1. The number of hydrogen-bond donors (Lipinski definition) is 0. The SMILES string of the molecule is CC(C)(C)Cc1ccc(-c2cc3ccccc3cn2)cc1. The van der Waals surface area contributed by atoms with Gasteiger partial charge in [-0.05, 0) is 28.9 Å². The summed E-state index contributed by atoms with van der Waals surface area (Å²) in [6.45, 7) is 6.81. The summed E-state index contributed by atoms with van der Waals surface area (Å²) in [6, 6.07) is 19.3. The lowest BCUT2D eigenvalue weighted by Crippen LogP contribution is -2.08. The van der Waals surface area contributed by atoms with Crippen LogP contribution in [0, 0.1) is 5.41 Å². The number of pyridine rings is 1. The van der Waals surface area contributed by atoms with Gasteiger partial charge in [0.15, 0.2) is 0 Å². The Morgan fingerprint density at radius 2 is 1.52 bits per heavy atom. The zero-order chi connectivity index (χ0) is 14.9. The lowest BCUT2D eigenvalue weighted by atomic mass is 9.88. The van der Waals surface area contributed by atoms with Crippen LogP contribution in [0.15, 0.2) is 60.8 Å². The van der Waals surface area contributed by atoms with Gasteiger partial charge in [-0.15, -0.1) is 0 Å². The molecule has 0 bridgehead atoms. The highest BCUT2D eigenvalue weighted by molar-refractivity contribution is 5.85. The molecule has 3 aromatic rings. The second-order valence-electron chi connectivity index (χ2n) is 6.85. The standard InChI is InChI=1S/C20H21N/c1-20(2,3)13-15-8-10-16(11-9-15)19-12-17-6-4-5-7-18(17)14-21-19/h4-12,14H,13H2,1-3H3. The minimum Gasteiger partial charge on any atom is -0.256 e. The topological polar surface area (TPSA) is 12.9 Å². The maximum atomic E-state index is 4.58. The van der Waals surface area contributed by atoms with Gasteiger partial charge in [0.05, 0.1) is 5.69 Å². The van der Waals surface area contributed by atoms with Crippen molar-refractivity contribution in [2.24, 2.45) is 5.41 Å². The zero-order valence-electron chi connectivity index (χ0n) is 12.9. The van der Waals surface area contributed by atoms with Crippen LogP contribution in [0.5, 0.6) is 0 Å². The van der Waals surface area contributed by atoms with Crippen LogP contribution in [0.2, 0.25) is 0 Å². The van der Waals surface area contributed by atoms with E-state index in [-0.39, 0.29) is 0 Å². The molecule has 0 fully saturated rings. The summed E-state index contributed by atoms with van der Waals surface area (Å²) >= 11 is 0. The summed E-state index contributed by atoms with van der Waals surface area (Å²) in [7, 11) is 0. The Hall–Kier alpha value is -2.15. The van der Waals surface area contributed by atoms with Gasteiger partial charge in [0.2, 0.25) is 0 Å². The van der Waals surface area contributed by atoms with Crippen LogP contribution in [-0.4, -0.2) is 4.98 Å². The molecule has 0 amide bonds. The first-order valence-electron chi connectivity index (χ1n) is 7.45. The van der Waals surface area contributed by atoms with E-state index in [1.807, 2.05) is 12.3 Å². The number of rotatable bonds is 2. The van der Waals surface area contributed by atoms with E-state index in [9.17, 15) is 0 Å². The molecule has 3 rings (SSSR count). The Morgan fingerprint density at radius 3 is 2.19 bits per heavy atom. The van der Waals surface area contributed by atoms with Gasteiger partial charge in [-0.25, -0.2) is 0 Å². The van der Waals surface area contributed by atoms with Crippen molar-refractivity contribution >= 4 is 10.8 Å². The van der Waals surface area contributed by atoms with Crippen LogP contribution < -0.4 is 0 Å². The molecule has 0 aliphatic rings. The van der Waals surface area contributed by atoms with Crippen molar-refractivity contribution in [1.82, 2.24) is 4.98 Å². The molecule has 0 saturated heterocycles. The fraction of sp³-hybridized carbons (Fsp3) is 0.250. The molecule has 0 atom stereocenters. The van der Waals surface area contributed by atoms with Crippen molar-refractivity contribution in [3.05, 3.63) is 66.4 Å². The molecule has 0 unspecified atom stereocenters. The molecule has 1 aromatic heterocycles. The Morgan fingerprint density at radius 1 is 0.857 bits per heavy atom. The van der Waals surface area contributed by atoms with Gasteiger partial charge in [0, 0.05) is 17.1 Å². The van der Waals surface area contributed by atoms with Gasteiger partial charge in [0.25, 0.3) is 0 Å². The van der Waals surface area contributed by atoms with E-state index in [0.29, 0.717) is 5.41 Å². The van der Waals surface area contributed by atoms with Crippen molar-refractivity contribution in [3.8, 4) is 11.3 Å². The summed E-state index contributed by atoms with van der Waals surface area (Å²) in [5.41, 5.74) is 3.92. The molecule has 1 nitrogen and oxygen atoms in total. The second-order valence-corrected chi connectivity index (χ2v) is 6.85. The Labute approximate surface area is 126 Å². The summed E-state index contributed by atoms with van der Waals surface area (Å²) in [5.74, 6) is 0. The van der Waals surface area contributed by atoms with Gasteiger partial charge in [-0.3, -0.25) is 4.98 Å². The lowest BCUT2D eigenvalue weighted by Gasteiger charge is -2.18. The predicted molar refractivity (Wildman–Crippen MR) is 90.3 cm³/mol. The molecule has 0 spiro atoms. The van der Waals surface area contributed by atoms with Crippen molar-refractivity contribution < 1.29 is 0 Å². The van der Waals surface area contributed by atoms with Gasteiger partial charge >= 0.3 is 0 Å². The molecule has 2 aromatic carbocycles. The fourth-order valence-electron chi connectivity index (χ4n) is 2.65. The van der Waals surface area contributed by atoms with Gasteiger partial charge in [0.1, 0.15) is 0 Å². The number of hydrogen-bond acceptors (Lipinski definition) is 1. The summed E-state index contributed by atoms with van der Waals surface area (Å²) < 4.78 is 0. The first-order chi connectivity index (χ1) is 10.0. The third kappa shape index (κ3) is 3.30. The smallest absolute Gasteiger partial charge is 0.0708 e. The third-order valence-electron chi connectivity index (χ3n) is 3.62. The van der Waals surface area contributed by atoms with Crippen LogP contribution in [0.25, 0.3) is 22.0 Å². The average Bonchev–Trinajstić information content (AvgIpc) is 2.46. The quantitative estimate of drug-likeness (QED) is 0.602. The van der Waals surface area contributed by atoms with E-state index in [1.165, 1.54) is 21.9 Å². The van der Waals surface area contributed by atoms with E-state index in [1.54, 1.807) is 0 Å². The second kappa shape index (κ2) is 5.33. The van der Waals surface area contributed by atoms with Gasteiger partial charge < -0.3 is 0 Å². The summed E-state index contributed by atoms with van der Waals surface area (Å²) in [4.78, 5) is 4.58. The van der Waals surface area contributed by atoms with Crippen molar-refractivity contribution in [2.75, 3.05) is 0 Å². The van der Waals surface area contributed by atoms with E-state index < -0.39 is 0 Å². The maximum Gasteiger partial charge on any atom is 0.0708 e. The van der Waals surface area contributed by atoms with Gasteiger partial charge in [-0.2, -0.15) is 0 Å². The molecule has 1 heteroatoms.